The number of thiophene rings is 1. The van der Waals surface area contributed by atoms with Gasteiger partial charge in [-0.05, 0) is 24.3 Å². The zero-order valence-electron chi connectivity index (χ0n) is 12.9. The van der Waals surface area contributed by atoms with Crippen LogP contribution in [0, 0.1) is 0 Å². The topological polar surface area (TPSA) is 82.3 Å². The lowest BCUT2D eigenvalue weighted by atomic mass is 10.2. The van der Waals surface area contributed by atoms with Crippen molar-refractivity contribution in [1.29, 1.82) is 0 Å². The monoisotopic (exact) mass is 362 g/mol. The van der Waals surface area contributed by atoms with Gasteiger partial charge in [-0.1, -0.05) is 11.6 Å². The van der Waals surface area contributed by atoms with Crippen molar-refractivity contribution >= 4 is 34.6 Å². The number of pyridine rings is 1. The fraction of sp³-hybridized carbons (Fsp3) is 0.188. The molecule has 0 fully saturated rings. The van der Waals surface area contributed by atoms with Crippen LogP contribution in [0.5, 0.6) is 0 Å². The normalized spacial score (nSPS) is 10.8. The number of aliphatic carboxylic acids is 1. The lowest BCUT2D eigenvalue weighted by molar-refractivity contribution is -0.304. The number of carbonyl (C=O) groups is 1. The number of aromatic nitrogens is 2. The Morgan fingerprint density at radius 3 is 2.67 bits per heavy atom. The number of carboxylic acids is 1. The molecule has 0 saturated heterocycles. The van der Waals surface area contributed by atoms with Gasteiger partial charge >= 0.3 is 0 Å². The second kappa shape index (κ2) is 6.62. The van der Waals surface area contributed by atoms with Gasteiger partial charge in [-0.25, -0.2) is 9.97 Å². The highest BCUT2D eigenvalue weighted by molar-refractivity contribution is 7.19. The van der Waals surface area contributed by atoms with Crippen LogP contribution in [0.15, 0.2) is 34.9 Å². The summed E-state index contributed by atoms with van der Waals surface area (Å²) in [5.74, 6) is -0.588. The summed E-state index contributed by atoms with van der Waals surface area (Å²) >= 11 is 7.24. The van der Waals surface area contributed by atoms with E-state index in [0.717, 1.165) is 5.69 Å². The Balaban J connectivity index is 2.02. The van der Waals surface area contributed by atoms with Gasteiger partial charge in [0.15, 0.2) is 5.76 Å². The number of rotatable bonds is 5. The van der Waals surface area contributed by atoms with Gasteiger partial charge in [0.25, 0.3) is 0 Å². The number of nitrogens with zero attached hydrogens (tertiary/aromatic N) is 3. The van der Waals surface area contributed by atoms with Gasteiger partial charge in [0.05, 0.1) is 26.8 Å². The Morgan fingerprint density at radius 2 is 2.12 bits per heavy atom. The lowest BCUT2D eigenvalue weighted by Crippen LogP contribution is -2.24. The molecular weight excluding hydrogens is 350 g/mol. The molecule has 0 aromatic carbocycles. The predicted octanol–water partition coefficient (Wildman–Crippen LogP) is 2.48. The van der Waals surface area contributed by atoms with Gasteiger partial charge < -0.3 is 19.2 Å². The first-order valence-corrected chi connectivity index (χ1v) is 8.22. The molecule has 3 aromatic heterocycles. The Morgan fingerprint density at radius 1 is 1.33 bits per heavy atom. The second-order valence-corrected chi connectivity index (χ2v) is 6.96. The molecule has 0 aliphatic rings. The van der Waals surface area contributed by atoms with Crippen LogP contribution in [0.2, 0.25) is 4.34 Å². The van der Waals surface area contributed by atoms with Crippen molar-refractivity contribution in [1.82, 2.24) is 9.97 Å². The average Bonchev–Trinajstić information content (AvgIpc) is 3.13. The Labute approximate surface area is 147 Å². The van der Waals surface area contributed by atoms with E-state index in [1.165, 1.54) is 11.3 Å². The van der Waals surface area contributed by atoms with E-state index in [9.17, 15) is 9.90 Å². The summed E-state index contributed by atoms with van der Waals surface area (Å²) in [6, 6.07) is 7.14. The zero-order chi connectivity index (χ0) is 17.3. The number of halogens is 1. The SMILES string of the molecule is CN(C)c1ccc(-c2nc(CC(=O)[O-])c(-c3ccc(Cl)s3)o2)nc1. The molecule has 0 aliphatic carbocycles. The standard InChI is InChI=1S/C16H14ClN3O3S/c1-20(2)9-3-4-10(18-8-9)16-19-11(7-14(21)22)15(23-16)12-5-6-13(17)24-12/h3-6,8H,7H2,1-2H3,(H,21,22)/p-1. The van der Waals surface area contributed by atoms with Gasteiger partial charge in [0, 0.05) is 26.5 Å². The summed E-state index contributed by atoms with van der Waals surface area (Å²) in [6.45, 7) is 0. The molecule has 8 heteroatoms. The van der Waals surface area contributed by atoms with E-state index >= 15 is 0 Å². The van der Waals surface area contributed by atoms with Crippen molar-refractivity contribution in [2.45, 2.75) is 6.42 Å². The van der Waals surface area contributed by atoms with Gasteiger partial charge in [-0.15, -0.1) is 11.3 Å². The molecular formula is C16H13ClN3O3S-. The summed E-state index contributed by atoms with van der Waals surface area (Å²) in [5, 5.41) is 11.0. The molecule has 24 heavy (non-hydrogen) atoms. The maximum atomic E-state index is 11.0. The first kappa shape index (κ1) is 16.5. The van der Waals surface area contributed by atoms with Gasteiger partial charge in [0.2, 0.25) is 5.89 Å². The molecule has 0 atom stereocenters. The fourth-order valence-electron chi connectivity index (χ4n) is 2.12. The number of carbonyl (C=O) groups excluding carboxylic acids is 1. The molecule has 0 aliphatic heterocycles. The number of anilines is 1. The molecule has 0 unspecified atom stereocenters. The van der Waals surface area contributed by atoms with Crippen molar-refractivity contribution < 1.29 is 14.3 Å². The highest BCUT2D eigenvalue weighted by Crippen LogP contribution is 2.35. The summed E-state index contributed by atoms with van der Waals surface area (Å²) in [6.07, 6.45) is 1.35. The highest BCUT2D eigenvalue weighted by atomic mass is 35.5. The molecule has 6 nitrogen and oxygen atoms in total. The minimum absolute atomic E-state index is 0.260. The molecule has 3 heterocycles. The van der Waals surface area contributed by atoms with Crippen molar-refractivity contribution in [2.75, 3.05) is 19.0 Å². The Hall–Kier alpha value is -2.38. The number of oxazole rings is 1. The van der Waals surface area contributed by atoms with Crippen molar-refractivity contribution in [3.63, 3.8) is 0 Å². The van der Waals surface area contributed by atoms with Crippen molar-refractivity contribution in [2.24, 2.45) is 0 Å². The third-order valence-corrected chi connectivity index (χ3v) is 4.52. The van der Waals surface area contributed by atoms with E-state index in [1.807, 2.05) is 25.1 Å². The number of hydrogen-bond donors (Lipinski definition) is 0. The number of hydrogen-bond acceptors (Lipinski definition) is 7. The van der Waals surface area contributed by atoms with Gasteiger partial charge in [-0.2, -0.15) is 0 Å². The first-order chi connectivity index (χ1) is 11.4. The summed E-state index contributed by atoms with van der Waals surface area (Å²) in [5.41, 5.74) is 1.75. The minimum Gasteiger partial charge on any atom is -0.550 e. The molecule has 0 N–H and O–H groups in total. The van der Waals surface area contributed by atoms with Crippen molar-refractivity contribution in [3.8, 4) is 22.2 Å². The molecule has 124 valence electrons. The van der Waals surface area contributed by atoms with E-state index in [4.69, 9.17) is 16.0 Å². The summed E-state index contributed by atoms with van der Waals surface area (Å²) in [7, 11) is 3.83. The van der Waals surface area contributed by atoms with Crippen LogP contribution in [-0.4, -0.2) is 30.0 Å². The first-order valence-electron chi connectivity index (χ1n) is 7.03. The third-order valence-electron chi connectivity index (χ3n) is 3.29. The molecule has 0 bridgehead atoms. The zero-order valence-corrected chi connectivity index (χ0v) is 14.5. The molecule has 0 radical (unpaired) electrons. The van der Waals surface area contributed by atoms with E-state index in [-0.39, 0.29) is 12.3 Å². The maximum Gasteiger partial charge on any atom is 0.245 e. The predicted molar refractivity (Wildman–Crippen MR) is 91.1 cm³/mol. The fourth-order valence-corrected chi connectivity index (χ4v) is 3.17. The van der Waals surface area contributed by atoms with E-state index < -0.39 is 5.97 Å². The largest absolute Gasteiger partial charge is 0.550 e. The number of carboxylic acid groups (broad SMARTS) is 1. The van der Waals surface area contributed by atoms with Crippen LogP contribution in [0.4, 0.5) is 5.69 Å². The van der Waals surface area contributed by atoms with E-state index in [0.29, 0.717) is 26.4 Å². The van der Waals surface area contributed by atoms with Crippen LogP contribution in [-0.2, 0) is 11.2 Å². The molecule has 3 rings (SSSR count). The second-order valence-electron chi connectivity index (χ2n) is 5.24. The van der Waals surface area contributed by atoms with Crippen LogP contribution in [0.3, 0.4) is 0 Å². The minimum atomic E-state index is -1.23. The highest BCUT2D eigenvalue weighted by Gasteiger charge is 2.19. The Kier molecular flexibility index (Phi) is 4.55. The van der Waals surface area contributed by atoms with Crippen molar-refractivity contribution in [3.05, 3.63) is 40.5 Å². The Bertz CT molecular complexity index is 871. The van der Waals surface area contributed by atoms with Gasteiger partial charge in [-0.3, -0.25) is 0 Å². The smallest absolute Gasteiger partial charge is 0.245 e. The van der Waals surface area contributed by atoms with E-state index in [1.54, 1.807) is 24.4 Å². The lowest BCUT2D eigenvalue weighted by Gasteiger charge is -2.11. The van der Waals surface area contributed by atoms with Crippen LogP contribution in [0.25, 0.3) is 22.2 Å². The van der Waals surface area contributed by atoms with Crippen LogP contribution >= 0.6 is 22.9 Å². The third kappa shape index (κ3) is 3.42. The molecule has 0 spiro atoms. The summed E-state index contributed by atoms with van der Waals surface area (Å²) in [4.78, 5) is 22.2. The molecule has 0 amide bonds. The summed E-state index contributed by atoms with van der Waals surface area (Å²) < 4.78 is 6.35. The van der Waals surface area contributed by atoms with Gasteiger partial charge in [0.1, 0.15) is 5.69 Å². The van der Waals surface area contributed by atoms with Crippen LogP contribution in [0.1, 0.15) is 5.69 Å². The quantitative estimate of drug-likeness (QED) is 0.693. The maximum absolute atomic E-state index is 11.0. The molecule has 3 aromatic rings. The average molecular weight is 363 g/mol. The molecule has 0 saturated carbocycles. The van der Waals surface area contributed by atoms with Crippen LogP contribution < -0.4 is 10.0 Å². The van der Waals surface area contributed by atoms with E-state index in [2.05, 4.69) is 9.97 Å².